The fraction of sp³-hybridized carbons (Fsp3) is 0.650. The quantitative estimate of drug-likeness (QED) is 0.765. The summed E-state index contributed by atoms with van der Waals surface area (Å²) >= 11 is 0. The molecule has 3 fully saturated rings. The highest BCUT2D eigenvalue weighted by Crippen LogP contribution is 2.35. The van der Waals surface area contributed by atoms with Gasteiger partial charge in [-0.05, 0) is 68.2 Å². The first kappa shape index (κ1) is 17.0. The molecule has 1 aliphatic carbocycles. The van der Waals surface area contributed by atoms with Gasteiger partial charge in [-0.1, -0.05) is 12.1 Å². The lowest BCUT2D eigenvalue weighted by atomic mass is 9.91. The molecule has 5 nitrogen and oxygen atoms in total. The normalized spacial score (nSPS) is 29.6. The molecule has 3 unspecified atom stereocenters. The molecule has 3 atom stereocenters. The molecule has 0 aromatic heterocycles. The van der Waals surface area contributed by atoms with E-state index in [1.54, 1.807) is 0 Å². The molecule has 1 saturated carbocycles. The minimum atomic E-state index is 0.116. The highest BCUT2D eigenvalue weighted by molar-refractivity contribution is 5.94. The van der Waals surface area contributed by atoms with Gasteiger partial charge < -0.3 is 10.2 Å². The van der Waals surface area contributed by atoms with E-state index >= 15 is 0 Å². The van der Waals surface area contributed by atoms with Gasteiger partial charge in [0.1, 0.15) is 0 Å². The van der Waals surface area contributed by atoms with Crippen LogP contribution in [0.1, 0.15) is 53.9 Å². The number of hydrogen-bond donors (Lipinski definition) is 3. The van der Waals surface area contributed by atoms with Gasteiger partial charge in [0.05, 0.1) is 0 Å². The van der Waals surface area contributed by atoms with Crippen molar-refractivity contribution in [3.05, 3.63) is 35.4 Å². The summed E-state index contributed by atoms with van der Waals surface area (Å²) in [7, 11) is 1.91. The second-order valence-electron chi connectivity index (χ2n) is 8.02. The predicted molar refractivity (Wildman–Crippen MR) is 99.4 cm³/mol. The van der Waals surface area contributed by atoms with E-state index in [1.807, 2.05) is 24.1 Å². The minimum Gasteiger partial charge on any atom is -0.340 e. The summed E-state index contributed by atoms with van der Waals surface area (Å²) in [4.78, 5) is 14.6. The van der Waals surface area contributed by atoms with E-state index in [-0.39, 0.29) is 5.91 Å². The van der Waals surface area contributed by atoms with Crippen LogP contribution in [0.2, 0.25) is 0 Å². The fourth-order valence-corrected chi connectivity index (χ4v) is 4.25. The average Bonchev–Trinajstić information content (AvgIpc) is 3.41. The molecule has 0 radical (unpaired) electrons. The van der Waals surface area contributed by atoms with E-state index in [9.17, 15) is 4.79 Å². The molecule has 2 aliphatic heterocycles. The number of hydrazine groups is 1. The van der Waals surface area contributed by atoms with E-state index < -0.39 is 0 Å². The minimum absolute atomic E-state index is 0.116. The third-order valence-corrected chi connectivity index (χ3v) is 5.97. The zero-order valence-electron chi connectivity index (χ0n) is 15.1. The zero-order chi connectivity index (χ0) is 17.2. The summed E-state index contributed by atoms with van der Waals surface area (Å²) in [6.07, 6.45) is 6.30. The molecule has 0 spiro atoms. The van der Waals surface area contributed by atoms with Crippen LogP contribution >= 0.6 is 0 Å². The van der Waals surface area contributed by atoms with Crippen LogP contribution < -0.4 is 16.2 Å². The number of piperidine rings is 1. The summed E-state index contributed by atoms with van der Waals surface area (Å²) in [5, 5.41) is 3.46. The van der Waals surface area contributed by atoms with Crippen molar-refractivity contribution >= 4 is 5.91 Å². The lowest BCUT2D eigenvalue weighted by molar-refractivity contribution is 0.0783. The molecule has 0 bridgehead atoms. The molecule has 2 heterocycles. The standard InChI is InChI=1S/C20H30N4O/c1-24(13-18-11-19(23-22-18)15-6-7-15)20(25)16-8-4-14(5-9-16)17-3-2-10-21-12-17/h4-5,8-9,15,17-19,21-23H,2-3,6-7,10-13H2,1H3. The van der Waals surface area contributed by atoms with E-state index in [0.29, 0.717) is 18.0 Å². The van der Waals surface area contributed by atoms with Crippen molar-refractivity contribution in [3.63, 3.8) is 0 Å². The zero-order valence-corrected chi connectivity index (χ0v) is 15.1. The molecular formula is C20H30N4O. The van der Waals surface area contributed by atoms with Crippen LogP contribution in [-0.4, -0.2) is 49.6 Å². The van der Waals surface area contributed by atoms with Gasteiger partial charge >= 0.3 is 0 Å². The monoisotopic (exact) mass is 342 g/mol. The largest absolute Gasteiger partial charge is 0.340 e. The summed E-state index contributed by atoms with van der Waals surface area (Å²) < 4.78 is 0. The first-order valence-electron chi connectivity index (χ1n) is 9.78. The van der Waals surface area contributed by atoms with Gasteiger partial charge in [0, 0.05) is 37.8 Å². The summed E-state index contributed by atoms with van der Waals surface area (Å²) in [6.45, 7) is 2.93. The van der Waals surface area contributed by atoms with E-state index in [1.165, 1.54) is 31.2 Å². The summed E-state index contributed by atoms with van der Waals surface area (Å²) in [5.41, 5.74) is 8.91. The van der Waals surface area contributed by atoms with Crippen molar-refractivity contribution in [2.24, 2.45) is 5.92 Å². The molecule has 5 heteroatoms. The van der Waals surface area contributed by atoms with Crippen molar-refractivity contribution in [1.82, 2.24) is 21.1 Å². The summed E-state index contributed by atoms with van der Waals surface area (Å²) in [6, 6.07) is 9.21. The molecule has 2 saturated heterocycles. The Morgan fingerprint density at radius 2 is 1.96 bits per heavy atom. The summed E-state index contributed by atoms with van der Waals surface area (Å²) in [5.74, 6) is 1.55. The number of hydrogen-bond acceptors (Lipinski definition) is 4. The Kier molecular flexibility index (Phi) is 5.06. The van der Waals surface area contributed by atoms with E-state index in [0.717, 1.165) is 37.5 Å². The van der Waals surface area contributed by atoms with Gasteiger partial charge in [0.2, 0.25) is 0 Å². The predicted octanol–water partition coefficient (Wildman–Crippen LogP) is 1.87. The van der Waals surface area contributed by atoms with Gasteiger partial charge in [-0.15, -0.1) is 0 Å². The number of rotatable bonds is 5. The Bertz CT molecular complexity index is 592. The third-order valence-electron chi connectivity index (χ3n) is 5.97. The number of benzene rings is 1. The lowest BCUT2D eigenvalue weighted by Gasteiger charge is -2.24. The molecule has 3 aliphatic rings. The highest BCUT2D eigenvalue weighted by Gasteiger charge is 2.37. The molecule has 1 aromatic rings. The van der Waals surface area contributed by atoms with Crippen molar-refractivity contribution < 1.29 is 4.79 Å². The Hall–Kier alpha value is -1.43. The second-order valence-corrected chi connectivity index (χ2v) is 8.02. The Balaban J connectivity index is 1.31. The van der Waals surface area contributed by atoms with E-state index in [2.05, 4.69) is 28.3 Å². The molecule has 1 amide bonds. The molecule has 136 valence electrons. The number of nitrogens with zero attached hydrogens (tertiary/aromatic N) is 1. The van der Waals surface area contributed by atoms with Crippen LogP contribution in [0.5, 0.6) is 0 Å². The Labute approximate surface area is 150 Å². The van der Waals surface area contributed by atoms with Crippen LogP contribution in [0, 0.1) is 5.92 Å². The Morgan fingerprint density at radius 3 is 2.64 bits per heavy atom. The Morgan fingerprint density at radius 1 is 1.16 bits per heavy atom. The van der Waals surface area contributed by atoms with Crippen LogP contribution in [-0.2, 0) is 0 Å². The van der Waals surface area contributed by atoms with Crippen molar-refractivity contribution in [3.8, 4) is 0 Å². The van der Waals surface area contributed by atoms with Gasteiger partial charge in [0.25, 0.3) is 5.91 Å². The molecular weight excluding hydrogens is 312 g/mol. The van der Waals surface area contributed by atoms with Gasteiger partial charge in [-0.3, -0.25) is 15.6 Å². The van der Waals surface area contributed by atoms with Crippen molar-refractivity contribution in [2.45, 2.75) is 50.1 Å². The number of carbonyl (C=O) groups is 1. The van der Waals surface area contributed by atoms with Gasteiger partial charge in [-0.25, -0.2) is 0 Å². The molecule has 3 N–H and O–H groups in total. The van der Waals surface area contributed by atoms with Crippen LogP contribution in [0.3, 0.4) is 0 Å². The van der Waals surface area contributed by atoms with Gasteiger partial charge in [0.15, 0.2) is 0 Å². The smallest absolute Gasteiger partial charge is 0.253 e. The number of amides is 1. The van der Waals surface area contributed by atoms with Crippen LogP contribution in [0.25, 0.3) is 0 Å². The number of carbonyl (C=O) groups excluding carboxylic acids is 1. The number of likely N-dealkylation sites (N-methyl/N-ethyl adjacent to an activating group) is 1. The van der Waals surface area contributed by atoms with E-state index in [4.69, 9.17) is 0 Å². The van der Waals surface area contributed by atoms with Crippen LogP contribution in [0.4, 0.5) is 0 Å². The van der Waals surface area contributed by atoms with Crippen molar-refractivity contribution in [2.75, 3.05) is 26.7 Å². The first-order chi connectivity index (χ1) is 12.2. The second kappa shape index (κ2) is 7.44. The first-order valence-corrected chi connectivity index (χ1v) is 9.78. The highest BCUT2D eigenvalue weighted by atomic mass is 16.2. The fourth-order valence-electron chi connectivity index (χ4n) is 4.25. The number of nitrogens with one attached hydrogen (secondary N) is 3. The molecule has 4 rings (SSSR count). The third kappa shape index (κ3) is 4.05. The maximum Gasteiger partial charge on any atom is 0.253 e. The average molecular weight is 342 g/mol. The molecule has 1 aromatic carbocycles. The van der Waals surface area contributed by atoms with Crippen molar-refractivity contribution in [1.29, 1.82) is 0 Å². The van der Waals surface area contributed by atoms with Gasteiger partial charge in [-0.2, -0.15) is 0 Å². The SMILES string of the molecule is CN(CC1CC(C2CC2)NN1)C(=O)c1ccc(C2CCCNC2)cc1. The van der Waals surface area contributed by atoms with Crippen LogP contribution in [0.15, 0.2) is 24.3 Å². The maximum absolute atomic E-state index is 12.7. The molecule has 25 heavy (non-hydrogen) atoms. The lowest BCUT2D eigenvalue weighted by Crippen LogP contribution is -2.41. The topological polar surface area (TPSA) is 56.4 Å². The maximum atomic E-state index is 12.7.